The Morgan fingerprint density at radius 2 is 2.16 bits per heavy atom. The van der Waals surface area contributed by atoms with Gasteiger partial charge in [-0.25, -0.2) is 4.98 Å². The van der Waals surface area contributed by atoms with Crippen LogP contribution in [0.1, 0.15) is 50.0 Å². The fourth-order valence-electron chi connectivity index (χ4n) is 3.92. The van der Waals surface area contributed by atoms with Gasteiger partial charge in [0, 0.05) is 32.5 Å². The number of hydrogen-bond donors (Lipinski definition) is 3. The van der Waals surface area contributed by atoms with Crippen LogP contribution in [0.3, 0.4) is 0 Å². The molecule has 0 aliphatic heterocycles. The maximum Gasteiger partial charge on any atom is 0.274 e. The van der Waals surface area contributed by atoms with Crippen molar-refractivity contribution in [1.29, 1.82) is 0 Å². The number of carbonyl (C=O) groups is 1. The summed E-state index contributed by atoms with van der Waals surface area (Å²) in [7, 11) is 3.41. The van der Waals surface area contributed by atoms with Gasteiger partial charge in [0.25, 0.3) is 11.5 Å². The summed E-state index contributed by atoms with van der Waals surface area (Å²) in [5.74, 6) is 0.795. The number of amides is 1. The first kappa shape index (κ1) is 21.8. The van der Waals surface area contributed by atoms with Gasteiger partial charge in [0.15, 0.2) is 5.65 Å². The second kappa shape index (κ2) is 8.27. The van der Waals surface area contributed by atoms with Crippen molar-refractivity contribution in [2.24, 2.45) is 0 Å². The molecule has 2 atom stereocenters. The molecule has 1 saturated carbocycles. The van der Waals surface area contributed by atoms with Crippen LogP contribution in [0.25, 0.3) is 5.65 Å². The zero-order valence-electron chi connectivity index (χ0n) is 19.0. The van der Waals surface area contributed by atoms with Crippen LogP contribution in [-0.4, -0.2) is 50.9 Å². The first-order chi connectivity index (χ1) is 15.3. The molecule has 3 aromatic rings. The number of ether oxygens (including phenoxy) is 1. The maximum absolute atomic E-state index is 13.0. The van der Waals surface area contributed by atoms with Gasteiger partial charge < -0.3 is 25.3 Å². The Morgan fingerprint density at radius 1 is 1.38 bits per heavy atom. The largest absolute Gasteiger partial charge is 0.376 e. The third-order valence-electron chi connectivity index (χ3n) is 6.20. The number of anilines is 3. The number of hydrogen-bond acceptors (Lipinski definition) is 7. The molecule has 0 spiro atoms. The zero-order chi connectivity index (χ0) is 23.0. The molecule has 3 aromatic heterocycles. The average molecular weight is 440 g/mol. The molecule has 10 heteroatoms. The molecular weight excluding hydrogens is 410 g/mol. The van der Waals surface area contributed by atoms with E-state index in [1.165, 1.54) is 6.20 Å². The number of carbonyl (C=O) groups excluding carboxylic acids is 1. The average Bonchev–Trinajstić information content (AvgIpc) is 3.20. The first-order valence-electron chi connectivity index (χ1n) is 10.7. The predicted molar refractivity (Wildman–Crippen MR) is 123 cm³/mol. The summed E-state index contributed by atoms with van der Waals surface area (Å²) in [4.78, 5) is 30.4. The summed E-state index contributed by atoms with van der Waals surface area (Å²) in [5, 5.41) is 13.5. The van der Waals surface area contributed by atoms with E-state index in [-0.39, 0.29) is 29.2 Å². The molecule has 4 rings (SSSR count). The number of fused-ring (bicyclic) bond motifs is 1. The quantitative estimate of drug-likeness (QED) is 0.518. The van der Waals surface area contributed by atoms with Crippen LogP contribution in [0.4, 0.5) is 17.3 Å². The van der Waals surface area contributed by atoms with Gasteiger partial charge in [-0.05, 0) is 45.7 Å². The van der Waals surface area contributed by atoms with Crippen molar-refractivity contribution in [3.63, 3.8) is 0 Å². The van der Waals surface area contributed by atoms with Crippen molar-refractivity contribution in [3.8, 4) is 0 Å². The lowest BCUT2D eigenvalue weighted by molar-refractivity contribution is -0.0828. The fourth-order valence-corrected chi connectivity index (χ4v) is 3.92. The van der Waals surface area contributed by atoms with E-state index in [0.717, 1.165) is 12.8 Å². The highest BCUT2D eigenvalue weighted by Gasteiger charge is 2.44. The molecule has 0 saturated heterocycles. The summed E-state index contributed by atoms with van der Waals surface area (Å²) in [5.41, 5.74) is 0.624. The Kier molecular flexibility index (Phi) is 5.64. The second-order valence-corrected chi connectivity index (χ2v) is 8.50. The van der Waals surface area contributed by atoms with Gasteiger partial charge in [-0.3, -0.25) is 9.59 Å². The molecule has 1 aliphatic rings. The molecule has 1 fully saturated rings. The van der Waals surface area contributed by atoms with Gasteiger partial charge in [-0.1, -0.05) is 0 Å². The van der Waals surface area contributed by atoms with Crippen LogP contribution < -0.4 is 21.5 Å². The lowest BCUT2D eigenvalue weighted by Crippen LogP contribution is -2.59. The number of methoxy groups -OCH3 is 1. The summed E-state index contributed by atoms with van der Waals surface area (Å²) in [6.07, 6.45) is 5.00. The summed E-state index contributed by atoms with van der Waals surface area (Å²) >= 11 is 0. The summed E-state index contributed by atoms with van der Waals surface area (Å²) in [6, 6.07) is 5.21. The second-order valence-electron chi connectivity index (χ2n) is 8.50. The Hall–Kier alpha value is -3.40. The molecule has 0 unspecified atom stereocenters. The van der Waals surface area contributed by atoms with Crippen molar-refractivity contribution in [1.82, 2.24) is 24.5 Å². The van der Waals surface area contributed by atoms with Crippen LogP contribution in [0.2, 0.25) is 0 Å². The number of nitrogens with one attached hydrogen (secondary N) is 3. The molecule has 3 N–H and O–H groups in total. The normalized spacial score (nSPS) is 20.2. The molecule has 0 bridgehead atoms. The van der Waals surface area contributed by atoms with Crippen LogP contribution in [0.5, 0.6) is 0 Å². The van der Waals surface area contributed by atoms with Crippen molar-refractivity contribution >= 4 is 28.9 Å². The topological polar surface area (TPSA) is 115 Å². The maximum atomic E-state index is 13.0. The van der Waals surface area contributed by atoms with Gasteiger partial charge in [0.2, 0.25) is 0 Å². The Morgan fingerprint density at radius 3 is 2.78 bits per heavy atom. The van der Waals surface area contributed by atoms with E-state index in [1.807, 2.05) is 26.8 Å². The summed E-state index contributed by atoms with van der Waals surface area (Å²) < 4.78 is 8.75. The molecule has 32 heavy (non-hydrogen) atoms. The Bertz CT molecular complexity index is 1210. The van der Waals surface area contributed by atoms with Gasteiger partial charge in [-0.2, -0.15) is 9.61 Å². The van der Waals surface area contributed by atoms with E-state index < -0.39 is 0 Å². The van der Waals surface area contributed by atoms with Crippen LogP contribution in [0.15, 0.2) is 35.4 Å². The minimum absolute atomic E-state index is 0.0296. The lowest BCUT2D eigenvalue weighted by Gasteiger charge is -2.45. The van der Waals surface area contributed by atoms with Gasteiger partial charge in [0.1, 0.15) is 22.9 Å². The van der Waals surface area contributed by atoms with Crippen molar-refractivity contribution < 1.29 is 9.53 Å². The molecule has 10 nitrogen and oxygen atoms in total. The minimum Gasteiger partial charge on any atom is -0.376 e. The van der Waals surface area contributed by atoms with Crippen molar-refractivity contribution in [2.45, 2.75) is 51.3 Å². The molecule has 0 radical (unpaired) electrons. The van der Waals surface area contributed by atoms with E-state index in [9.17, 15) is 9.59 Å². The summed E-state index contributed by atoms with van der Waals surface area (Å²) in [6.45, 7) is 5.88. The first-order valence-corrected chi connectivity index (χ1v) is 10.7. The highest BCUT2D eigenvalue weighted by molar-refractivity contribution is 6.00. The number of aromatic nitrogens is 4. The van der Waals surface area contributed by atoms with E-state index in [2.05, 4.69) is 26.0 Å². The van der Waals surface area contributed by atoms with Crippen LogP contribution in [0, 0.1) is 0 Å². The molecule has 3 heterocycles. The Labute approximate surface area is 186 Å². The predicted octanol–water partition coefficient (Wildman–Crippen LogP) is 2.55. The highest BCUT2D eigenvalue weighted by Crippen LogP contribution is 2.35. The minimum atomic E-state index is -0.363. The monoisotopic (exact) mass is 439 g/mol. The van der Waals surface area contributed by atoms with Crippen molar-refractivity contribution in [2.75, 3.05) is 24.8 Å². The van der Waals surface area contributed by atoms with Crippen LogP contribution in [-0.2, 0) is 4.74 Å². The van der Waals surface area contributed by atoms with Crippen LogP contribution >= 0.6 is 0 Å². The third-order valence-corrected chi connectivity index (χ3v) is 6.20. The molecule has 1 aliphatic carbocycles. The standard InChI is InChI=1S/C22H29N7O3/c1-13(2)28-10-6-7-15(21(28)31)25-17-11-18(23-4)29-19(27-17)14(12-24-29)20(30)26-16-8-9-22(16,3)32-5/h6-7,10-13,16,23H,8-9H2,1-5H3,(H,25,27)(H,26,30)/t16-,22-/m1/s1. The fraction of sp³-hybridized carbons (Fsp3) is 0.455. The van der Waals surface area contributed by atoms with E-state index in [0.29, 0.717) is 28.5 Å². The van der Waals surface area contributed by atoms with Gasteiger partial charge in [-0.15, -0.1) is 0 Å². The van der Waals surface area contributed by atoms with E-state index in [4.69, 9.17) is 4.74 Å². The molecular formula is C22H29N7O3. The van der Waals surface area contributed by atoms with Crippen molar-refractivity contribution in [3.05, 3.63) is 46.5 Å². The number of pyridine rings is 1. The number of rotatable bonds is 7. The third kappa shape index (κ3) is 3.70. The molecule has 1 amide bonds. The SMILES string of the molecule is CNc1cc(Nc2cccn(C(C)C)c2=O)nc2c(C(=O)N[C@@H]3CC[C@@]3(C)OC)cnn12. The molecule has 170 valence electrons. The molecule has 0 aromatic carbocycles. The van der Waals surface area contributed by atoms with E-state index >= 15 is 0 Å². The lowest BCUT2D eigenvalue weighted by atomic mass is 9.76. The van der Waals surface area contributed by atoms with Gasteiger partial charge in [0.05, 0.1) is 17.8 Å². The zero-order valence-corrected chi connectivity index (χ0v) is 19.0. The highest BCUT2D eigenvalue weighted by atomic mass is 16.5. The number of nitrogens with zero attached hydrogens (tertiary/aromatic N) is 4. The van der Waals surface area contributed by atoms with Gasteiger partial charge >= 0.3 is 0 Å². The Balaban J connectivity index is 1.68. The van der Waals surface area contributed by atoms with E-state index in [1.54, 1.807) is 41.6 Å². The smallest absolute Gasteiger partial charge is 0.274 e.